The van der Waals surface area contributed by atoms with Crippen LogP contribution in [-0.2, 0) is 13.0 Å². The molecule has 0 N–H and O–H groups in total. The van der Waals surface area contributed by atoms with Crippen LogP contribution in [0.5, 0.6) is 0 Å². The van der Waals surface area contributed by atoms with Gasteiger partial charge in [0.25, 0.3) is 0 Å². The lowest BCUT2D eigenvalue weighted by molar-refractivity contribution is 0.0984. The van der Waals surface area contributed by atoms with Crippen LogP contribution in [0.2, 0.25) is 0 Å². The number of hydrogen-bond acceptors (Lipinski definition) is 5. The summed E-state index contributed by atoms with van der Waals surface area (Å²) in [4.78, 5) is 14.2. The van der Waals surface area contributed by atoms with Crippen LogP contribution in [0.15, 0.2) is 28.7 Å². The molecule has 20 heavy (non-hydrogen) atoms. The first kappa shape index (κ1) is 12.8. The van der Waals surface area contributed by atoms with E-state index in [-0.39, 0.29) is 5.78 Å². The number of aryl methyl sites for hydroxylation is 1. The highest BCUT2D eigenvalue weighted by Gasteiger charge is 2.21. The van der Waals surface area contributed by atoms with Gasteiger partial charge in [0.2, 0.25) is 11.8 Å². The van der Waals surface area contributed by atoms with Crippen molar-refractivity contribution in [2.75, 3.05) is 11.4 Å². The quantitative estimate of drug-likeness (QED) is 0.858. The molecule has 5 heteroatoms. The predicted molar refractivity (Wildman–Crippen MR) is 74.7 cm³/mol. The molecule has 0 radical (unpaired) electrons. The molecule has 0 bridgehead atoms. The Morgan fingerprint density at radius 3 is 2.85 bits per heavy atom. The lowest BCUT2D eigenvalue weighted by Crippen LogP contribution is -2.23. The second-order valence-corrected chi connectivity index (χ2v) is 4.91. The highest BCUT2D eigenvalue weighted by atomic mass is 16.4. The van der Waals surface area contributed by atoms with Crippen molar-refractivity contribution in [2.45, 2.75) is 32.7 Å². The van der Waals surface area contributed by atoms with E-state index >= 15 is 0 Å². The first-order valence-electron chi connectivity index (χ1n) is 6.96. The summed E-state index contributed by atoms with van der Waals surface area (Å²) in [6.45, 7) is 3.36. The summed E-state index contributed by atoms with van der Waals surface area (Å²) >= 11 is 0. The van der Waals surface area contributed by atoms with Gasteiger partial charge in [0, 0.05) is 30.6 Å². The minimum Gasteiger partial charge on any atom is -0.423 e. The predicted octanol–water partition coefficient (Wildman–Crippen LogP) is 2.62. The smallest absolute Gasteiger partial charge is 0.235 e. The maximum absolute atomic E-state index is 12.1. The zero-order valence-electron chi connectivity index (χ0n) is 11.5. The average Bonchev–Trinajstić information content (AvgIpc) is 2.87. The van der Waals surface area contributed by atoms with E-state index < -0.39 is 0 Å². The molecule has 1 aliphatic rings. The van der Waals surface area contributed by atoms with Crippen molar-refractivity contribution in [2.24, 2.45) is 0 Å². The van der Waals surface area contributed by atoms with Crippen LogP contribution in [0.1, 0.15) is 41.9 Å². The molecule has 5 nitrogen and oxygen atoms in total. The van der Waals surface area contributed by atoms with Crippen molar-refractivity contribution in [1.82, 2.24) is 10.2 Å². The Labute approximate surface area is 117 Å². The van der Waals surface area contributed by atoms with Gasteiger partial charge in [-0.15, -0.1) is 10.2 Å². The normalized spacial score (nSPS) is 15.1. The molecule has 1 aromatic carbocycles. The highest BCUT2D eigenvalue weighted by Crippen LogP contribution is 2.27. The Balaban J connectivity index is 1.89. The Bertz CT molecular complexity index is 621. The van der Waals surface area contributed by atoms with Gasteiger partial charge in [-0.2, -0.15) is 0 Å². The minimum absolute atomic E-state index is 0.211. The fourth-order valence-corrected chi connectivity index (χ4v) is 2.49. The van der Waals surface area contributed by atoms with Crippen molar-refractivity contribution in [3.05, 3.63) is 41.6 Å². The number of hydrogen-bond donors (Lipinski definition) is 0. The van der Waals surface area contributed by atoms with E-state index in [0.717, 1.165) is 30.6 Å². The van der Waals surface area contributed by atoms with E-state index in [1.807, 2.05) is 31.2 Å². The van der Waals surface area contributed by atoms with Gasteiger partial charge in [-0.3, -0.25) is 4.79 Å². The third-order valence-electron chi connectivity index (χ3n) is 3.51. The third-order valence-corrected chi connectivity index (χ3v) is 3.51. The van der Waals surface area contributed by atoms with Crippen molar-refractivity contribution in [3.63, 3.8) is 0 Å². The molecule has 0 atom stereocenters. The lowest BCUT2D eigenvalue weighted by atomic mass is 10.1. The Morgan fingerprint density at radius 1 is 1.25 bits per heavy atom. The standard InChI is InChI=1S/C15H17N3O2/c1-2-14-16-17-15(20-14)10-18-9-5-8-13(19)11-6-3-4-7-12(11)18/h3-4,6-7H,2,5,8-10H2,1H3. The summed E-state index contributed by atoms with van der Waals surface area (Å²) < 4.78 is 5.57. The molecule has 0 saturated heterocycles. The summed E-state index contributed by atoms with van der Waals surface area (Å²) in [5, 5.41) is 8.04. The second-order valence-electron chi connectivity index (χ2n) is 4.91. The van der Waals surface area contributed by atoms with Crippen LogP contribution >= 0.6 is 0 Å². The van der Waals surface area contributed by atoms with E-state index in [2.05, 4.69) is 15.1 Å². The van der Waals surface area contributed by atoms with E-state index in [1.54, 1.807) is 0 Å². The molecule has 0 amide bonds. The zero-order chi connectivity index (χ0) is 13.9. The van der Waals surface area contributed by atoms with Crippen LogP contribution in [0.25, 0.3) is 0 Å². The number of Topliss-reactive ketones (excluding diaryl/α,β-unsaturated/α-hetero) is 1. The van der Waals surface area contributed by atoms with Gasteiger partial charge in [-0.25, -0.2) is 0 Å². The summed E-state index contributed by atoms with van der Waals surface area (Å²) in [5.74, 6) is 1.47. The molecule has 0 unspecified atom stereocenters. The fraction of sp³-hybridized carbons (Fsp3) is 0.400. The maximum Gasteiger partial charge on any atom is 0.235 e. The largest absolute Gasteiger partial charge is 0.423 e. The molecule has 104 valence electrons. The van der Waals surface area contributed by atoms with Gasteiger partial charge < -0.3 is 9.32 Å². The Kier molecular flexibility index (Phi) is 3.50. The molecular formula is C15H17N3O2. The van der Waals surface area contributed by atoms with E-state index in [9.17, 15) is 4.79 Å². The van der Waals surface area contributed by atoms with E-state index in [1.165, 1.54) is 0 Å². The van der Waals surface area contributed by atoms with Crippen LogP contribution in [-0.4, -0.2) is 22.5 Å². The minimum atomic E-state index is 0.211. The number of ketones is 1. The number of anilines is 1. The van der Waals surface area contributed by atoms with E-state index in [0.29, 0.717) is 24.7 Å². The third kappa shape index (κ3) is 2.43. The number of aromatic nitrogens is 2. The molecule has 0 fully saturated rings. The monoisotopic (exact) mass is 271 g/mol. The SMILES string of the molecule is CCc1nnc(CN2CCCC(=O)c3ccccc32)o1. The number of nitrogens with zero attached hydrogens (tertiary/aromatic N) is 3. The molecule has 1 aliphatic heterocycles. The molecule has 1 aromatic heterocycles. The number of rotatable bonds is 3. The second kappa shape index (κ2) is 5.45. The molecule has 3 rings (SSSR count). The van der Waals surface area contributed by atoms with Crippen molar-refractivity contribution in [3.8, 4) is 0 Å². The zero-order valence-corrected chi connectivity index (χ0v) is 11.5. The number of carbonyl (C=O) groups excluding carboxylic acids is 1. The molecule has 2 heterocycles. The summed E-state index contributed by atoms with van der Waals surface area (Å²) in [6.07, 6.45) is 2.18. The van der Waals surface area contributed by atoms with Crippen molar-refractivity contribution in [1.29, 1.82) is 0 Å². The highest BCUT2D eigenvalue weighted by molar-refractivity contribution is 6.01. The number of carbonyl (C=O) groups is 1. The molecule has 0 aliphatic carbocycles. The van der Waals surface area contributed by atoms with Crippen molar-refractivity contribution >= 4 is 11.5 Å². The maximum atomic E-state index is 12.1. The van der Waals surface area contributed by atoms with Gasteiger partial charge >= 0.3 is 0 Å². The number of benzene rings is 1. The molecule has 2 aromatic rings. The van der Waals surface area contributed by atoms with Crippen LogP contribution < -0.4 is 4.90 Å². The van der Waals surface area contributed by atoms with Gasteiger partial charge in [-0.1, -0.05) is 19.1 Å². The molecular weight excluding hydrogens is 254 g/mol. The Morgan fingerprint density at radius 2 is 2.05 bits per heavy atom. The molecule has 0 saturated carbocycles. The van der Waals surface area contributed by atoms with Crippen LogP contribution in [0, 0.1) is 0 Å². The topological polar surface area (TPSA) is 59.2 Å². The number of fused-ring (bicyclic) bond motifs is 1. The molecule has 0 spiro atoms. The lowest BCUT2D eigenvalue weighted by Gasteiger charge is -2.22. The summed E-state index contributed by atoms with van der Waals surface area (Å²) in [6, 6.07) is 7.73. The van der Waals surface area contributed by atoms with Gasteiger partial charge in [0.05, 0.1) is 6.54 Å². The summed E-state index contributed by atoms with van der Waals surface area (Å²) in [7, 11) is 0. The fourth-order valence-electron chi connectivity index (χ4n) is 2.49. The van der Waals surface area contributed by atoms with Gasteiger partial charge in [0.15, 0.2) is 5.78 Å². The van der Waals surface area contributed by atoms with Crippen LogP contribution in [0.4, 0.5) is 5.69 Å². The first-order valence-corrected chi connectivity index (χ1v) is 6.96. The first-order chi connectivity index (χ1) is 9.78. The van der Waals surface area contributed by atoms with Gasteiger partial charge in [-0.05, 0) is 18.6 Å². The number of para-hydroxylation sites is 1. The van der Waals surface area contributed by atoms with Gasteiger partial charge in [0.1, 0.15) is 0 Å². The van der Waals surface area contributed by atoms with E-state index in [4.69, 9.17) is 4.42 Å². The van der Waals surface area contributed by atoms with Crippen LogP contribution in [0.3, 0.4) is 0 Å². The van der Waals surface area contributed by atoms with Crippen molar-refractivity contribution < 1.29 is 9.21 Å². The summed E-state index contributed by atoms with van der Waals surface area (Å²) in [5.41, 5.74) is 1.76. The average molecular weight is 271 g/mol. The Hall–Kier alpha value is -2.17.